The molecule has 1 heterocycles. The Hall–Kier alpha value is -0.0100. The Morgan fingerprint density at radius 3 is 2.33 bits per heavy atom. The molecule has 70 valence electrons. The number of halogens is 1. The van der Waals surface area contributed by atoms with E-state index in [0.29, 0.717) is 0 Å². The molecule has 12 heavy (non-hydrogen) atoms. The zero-order valence-electron chi connectivity index (χ0n) is 5.68. The summed E-state index contributed by atoms with van der Waals surface area (Å²) in [7, 11) is -4.04. The van der Waals surface area contributed by atoms with Crippen LogP contribution in [0, 0.1) is 10.1 Å². The lowest BCUT2D eigenvalue weighted by Gasteiger charge is -2.25. The highest BCUT2D eigenvalue weighted by molar-refractivity contribution is 9.10. The highest BCUT2D eigenvalue weighted by Crippen LogP contribution is 2.49. The third-order valence-electron chi connectivity index (χ3n) is 1.22. The Morgan fingerprint density at radius 1 is 1.58 bits per heavy atom. The maximum atomic E-state index is 10.6. The molecule has 1 N–H and O–H groups in total. The topological polar surface area (TPSA) is 98.9 Å². The molecule has 0 amide bonds. The fourth-order valence-electron chi connectivity index (χ4n) is 0.545. The van der Waals surface area contributed by atoms with Crippen molar-refractivity contribution < 1.29 is 23.4 Å². The van der Waals surface area contributed by atoms with Gasteiger partial charge in [0.15, 0.2) is 0 Å². The Kier molecular flexibility index (Phi) is 2.55. The van der Waals surface area contributed by atoms with Crippen LogP contribution in [0.2, 0.25) is 0 Å². The van der Waals surface area contributed by atoms with Crippen LogP contribution >= 0.6 is 23.8 Å². The highest BCUT2D eigenvalue weighted by atomic mass is 79.9. The van der Waals surface area contributed by atoms with Crippen molar-refractivity contribution >= 4 is 23.8 Å². The van der Waals surface area contributed by atoms with Crippen LogP contribution in [-0.2, 0) is 13.6 Å². The Bertz CT molecular complexity index is 243. The standard InChI is InChI=1S/C3H5BrNO6P/c4-3(5(6)7)1-10-12(8,9)11-2-3/h1-2H2,(H,8,9). The van der Waals surface area contributed by atoms with Gasteiger partial charge in [0, 0.05) is 20.9 Å². The molecule has 1 rings (SSSR count). The van der Waals surface area contributed by atoms with Crippen molar-refractivity contribution in [2.45, 2.75) is 4.45 Å². The van der Waals surface area contributed by atoms with Crippen molar-refractivity contribution in [3.8, 4) is 0 Å². The van der Waals surface area contributed by atoms with Gasteiger partial charge in [-0.25, -0.2) is 4.57 Å². The van der Waals surface area contributed by atoms with Crippen molar-refractivity contribution in [2.24, 2.45) is 0 Å². The third-order valence-corrected chi connectivity index (χ3v) is 2.88. The molecular weight excluding hydrogens is 257 g/mol. The normalized spacial score (nSPS) is 42.5. The molecule has 0 atom stereocenters. The second-order valence-electron chi connectivity index (χ2n) is 2.19. The fraction of sp³-hybridized carbons (Fsp3) is 1.00. The van der Waals surface area contributed by atoms with Gasteiger partial charge < -0.3 is 4.89 Å². The van der Waals surface area contributed by atoms with Crippen LogP contribution in [0.3, 0.4) is 0 Å². The van der Waals surface area contributed by atoms with Gasteiger partial charge in [-0.2, -0.15) is 0 Å². The summed E-state index contributed by atoms with van der Waals surface area (Å²) in [6, 6.07) is 0. The lowest BCUT2D eigenvalue weighted by molar-refractivity contribution is -0.543. The largest absolute Gasteiger partial charge is 0.472 e. The molecule has 0 aromatic rings. The average Bonchev–Trinajstić information content (AvgIpc) is 1.96. The van der Waals surface area contributed by atoms with E-state index in [2.05, 4.69) is 25.0 Å². The van der Waals surface area contributed by atoms with Crippen molar-refractivity contribution in [2.75, 3.05) is 13.2 Å². The molecule has 0 aromatic carbocycles. The number of rotatable bonds is 1. The number of alkyl halides is 1. The maximum absolute atomic E-state index is 10.6. The lowest BCUT2D eigenvalue weighted by Crippen LogP contribution is -2.43. The molecule has 7 nitrogen and oxygen atoms in total. The first-order valence-electron chi connectivity index (χ1n) is 2.81. The molecule has 0 spiro atoms. The van der Waals surface area contributed by atoms with Crippen LogP contribution in [0.15, 0.2) is 0 Å². The summed E-state index contributed by atoms with van der Waals surface area (Å²) in [5.41, 5.74) is 0. The van der Waals surface area contributed by atoms with E-state index in [4.69, 9.17) is 4.89 Å². The summed E-state index contributed by atoms with van der Waals surface area (Å²) < 4.78 is 17.5. The van der Waals surface area contributed by atoms with Crippen LogP contribution < -0.4 is 0 Å². The summed E-state index contributed by atoms with van der Waals surface area (Å²) in [4.78, 5) is 18.3. The number of hydrogen-bond acceptors (Lipinski definition) is 5. The molecule has 0 aromatic heterocycles. The maximum Gasteiger partial charge on any atom is 0.472 e. The highest BCUT2D eigenvalue weighted by Gasteiger charge is 2.49. The predicted molar refractivity (Wildman–Crippen MR) is 40.4 cm³/mol. The van der Waals surface area contributed by atoms with Crippen molar-refractivity contribution in [1.82, 2.24) is 0 Å². The van der Waals surface area contributed by atoms with Gasteiger partial charge >= 0.3 is 12.3 Å². The number of nitrogens with zero attached hydrogens (tertiary/aromatic N) is 1. The summed E-state index contributed by atoms with van der Waals surface area (Å²) in [6.07, 6.45) is 0. The molecule has 1 aliphatic rings. The SMILES string of the molecule is O=[N+]([O-])C1(Br)COP(=O)(O)OC1. The molecule has 0 unspecified atom stereocenters. The van der Waals surface area contributed by atoms with E-state index in [1.165, 1.54) is 0 Å². The Balaban J connectivity index is 2.68. The van der Waals surface area contributed by atoms with Gasteiger partial charge in [-0.1, -0.05) is 0 Å². The monoisotopic (exact) mass is 261 g/mol. The molecule has 0 saturated carbocycles. The minimum atomic E-state index is -4.04. The van der Waals surface area contributed by atoms with Crippen molar-refractivity contribution in [3.63, 3.8) is 0 Å². The molecule has 1 aliphatic heterocycles. The van der Waals surface area contributed by atoms with Crippen LogP contribution in [0.5, 0.6) is 0 Å². The zero-order chi connectivity index (χ0) is 9.41. The van der Waals surface area contributed by atoms with E-state index in [1.807, 2.05) is 0 Å². The van der Waals surface area contributed by atoms with Crippen molar-refractivity contribution in [1.29, 1.82) is 0 Å². The van der Waals surface area contributed by atoms with Crippen LogP contribution in [0.25, 0.3) is 0 Å². The first-order chi connectivity index (χ1) is 5.36. The Morgan fingerprint density at radius 2 is 2.00 bits per heavy atom. The molecular formula is C3H5BrNO6P. The quantitative estimate of drug-likeness (QED) is 0.243. The second-order valence-corrected chi connectivity index (χ2v) is 5.12. The zero-order valence-corrected chi connectivity index (χ0v) is 8.16. The van der Waals surface area contributed by atoms with Gasteiger partial charge in [-0.05, 0) is 0 Å². The molecule has 1 fully saturated rings. The second kappa shape index (κ2) is 3.04. The van der Waals surface area contributed by atoms with E-state index < -0.39 is 30.4 Å². The van der Waals surface area contributed by atoms with Gasteiger partial charge in [0.2, 0.25) is 0 Å². The molecule has 9 heteroatoms. The number of phosphoric ester groups is 1. The van der Waals surface area contributed by atoms with Crippen LogP contribution in [0.1, 0.15) is 0 Å². The van der Waals surface area contributed by atoms with Crippen LogP contribution in [-0.4, -0.2) is 27.5 Å². The van der Waals surface area contributed by atoms with E-state index in [9.17, 15) is 14.7 Å². The first kappa shape index (κ1) is 10.1. The van der Waals surface area contributed by atoms with Gasteiger partial charge in [-0.3, -0.25) is 19.2 Å². The molecule has 0 radical (unpaired) electrons. The lowest BCUT2D eigenvalue weighted by atomic mass is 10.4. The molecule has 1 saturated heterocycles. The summed E-state index contributed by atoms with van der Waals surface area (Å²) >= 11 is 2.73. The number of phosphoric acid groups is 1. The minimum Gasteiger partial charge on any atom is -0.302 e. The minimum absolute atomic E-state index is 0.492. The number of nitro groups is 1. The summed E-state index contributed by atoms with van der Waals surface area (Å²) in [6.45, 7) is -0.985. The first-order valence-corrected chi connectivity index (χ1v) is 5.10. The van der Waals surface area contributed by atoms with Gasteiger partial charge in [0.25, 0.3) is 0 Å². The predicted octanol–water partition coefficient (Wildman–Crippen LogP) is 0.501. The van der Waals surface area contributed by atoms with E-state index >= 15 is 0 Å². The molecule has 0 bridgehead atoms. The third kappa shape index (κ3) is 2.02. The average molecular weight is 262 g/mol. The van der Waals surface area contributed by atoms with Crippen molar-refractivity contribution in [3.05, 3.63) is 10.1 Å². The van der Waals surface area contributed by atoms with Gasteiger partial charge in [-0.15, -0.1) is 0 Å². The number of hydrogen-bond donors (Lipinski definition) is 1. The van der Waals surface area contributed by atoms with Gasteiger partial charge in [0.05, 0.1) is 0 Å². The van der Waals surface area contributed by atoms with E-state index in [1.54, 1.807) is 0 Å². The van der Waals surface area contributed by atoms with Crippen LogP contribution in [0.4, 0.5) is 0 Å². The summed E-state index contributed by atoms with van der Waals surface area (Å²) in [5, 5.41) is 10.3. The van der Waals surface area contributed by atoms with Gasteiger partial charge in [0.1, 0.15) is 13.2 Å². The molecule has 0 aliphatic carbocycles. The Labute approximate surface area is 75.6 Å². The summed E-state index contributed by atoms with van der Waals surface area (Å²) in [5.74, 6) is 0. The smallest absolute Gasteiger partial charge is 0.302 e. The fourth-order valence-corrected chi connectivity index (χ4v) is 1.96. The van der Waals surface area contributed by atoms with E-state index in [-0.39, 0.29) is 0 Å². The van der Waals surface area contributed by atoms with E-state index in [0.717, 1.165) is 0 Å².